The lowest BCUT2D eigenvalue weighted by Crippen LogP contribution is -2.14. The fraction of sp³-hybridized carbons (Fsp3) is 0.500. The van der Waals surface area contributed by atoms with Crippen molar-refractivity contribution in [1.82, 2.24) is 20.5 Å². The van der Waals surface area contributed by atoms with Crippen molar-refractivity contribution in [2.75, 3.05) is 7.05 Å². The van der Waals surface area contributed by atoms with Gasteiger partial charge >= 0.3 is 0 Å². The Morgan fingerprint density at radius 1 is 1.75 bits per heavy atom. The predicted octanol–water partition coefficient (Wildman–Crippen LogP) is -1.45. The van der Waals surface area contributed by atoms with E-state index in [0.29, 0.717) is 18.2 Å². The van der Waals surface area contributed by atoms with Crippen molar-refractivity contribution in [3.63, 3.8) is 0 Å². The first kappa shape index (κ1) is 8.66. The number of nitrogens with zero attached hydrogens (tertiary/aromatic N) is 2. The summed E-state index contributed by atoms with van der Waals surface area (Å²) in [5.41, 5.74) is 4.97. The van der Waals surface area contributed by atoms with Crippen LogP contribution in [0.25, 0.3) is 0 Å². The van der Waals surface area contributed by atoms with Gasteiger partial charge in [0.2, 0.25) is 5.91 Å². The third kappa shape index (κ3) is 2.31. The maximum absolute atomic E-state index is 10.5. The Morgan fingerprint density at radius 3 is 3.08 bits per heavy atom. The highest BCUT2D eigenvalue weighted by atomic mass is 16.1. The van der Waals surface area contributed by atoms with Gasteiger partial charge in [0.25, 0.3) is 0 Å². The summed E-state index contributed by atoms with van der Waals surface area (Å²) < 4.78 is 0. The average molecular weight is 169 g/mol. The fourth-order valence-corrected chi connectivity index (χ4v) is 0.816. The van der Waals surface area contributed by atoms with Crippen LogP contribution in [0.4, 0.5) is 0 Å². The lowest BCUT2D eigenvalue weighted by atomic mass is 10.4. The zero-order valence-corrected chi connectivity index (χ0v) is 6.79. The molecule has 0 aromatic carbocycles. The Hall–Kier alpha value is -1.43. The number of aromatic nitrogens is 3. The molecule has 0 fully saturated rings. The van der Waals surface area contributed by atoms with Gasteiger partial charge in [-0.15, -0.1) is 0 Å². The van der Waals surface area contributed by atoms with E-state index >= 15 is 0 Å². The first-order chi connectivity index (χ1) is 5.72. The van der Waals surface area contributed by atoms with Crippen LogP contribution in [0.5, 0.6) is 0 Å². The van der Waals surface area contributed by atoms with E-state index in [1.165, 1.54) is 0 Å². The van der Waals surface area contributed by atoms with Gasteiger partial charge in [-0.3, -0.25) is 9.89 Å². The Balaban J connectivity index is 2.58. The zero-order valence-electron chi connectivity index (χ0n) is 6.79. The van der Waals surface area contributed by atoms with Gasteiger partial charge in [0.1, 0.15) is 5.82 Å². The molecule has 1 amide bonds. The van der Waals surface area contributed by atoms with Crippen LogP contribution in [0, 0.1) is 0 Å². The van der Waals surface area contributed by atoms with Crippen molar-refractivity contribution in [2.45, 2.75) is 13.0 Å². The van der Waals surface area contributed by atoms with Crippen LogP contribution in [0.15, 0.2) is 0 Å². The van der Waals surface area contributed by atoms with Crippen LogP contribution in [0.1, 0.15) is 11.6 Å². The highest BCUT2D eigenvalue weighted by Gasteiger charge is 2.04. The van der Waals surface area contributed by atoms with Crippen LogP contribution in [-0.4, -0.2) is 28.1 Å². The summed E-state index contributed by atoms with van der Waals surface area (Å²) >= 11 is 0. The summed E-state index contributed by atoms with van der Waals surface area (Å²) in [7, 11) is 1.80. The molecular weight excluding hydrogens is 158 g/mol. The molecule has 0 radical (unpaired) electrons. The molecule has 1 aromatic rings. The summed E-state index contributed by atoms with van der Waals surface area (Å²) in [6.45, 7) is 0.579. The van der Waals surface area contributed by atoms with Crippen molar-refractivity contribution in [3.8, 4) is 0 Å². The number of amides is 1. The predicted molar refractivity (Wildman–Crippen MR) is 42.0 cm³/mol. The molecule has 0 saturated heterocycles. The van der Waals surface area contributed by atoms with Crippen LogP contribution in [0.2, 0.25) is 0 Å². The van der Waals surface area contributed by atoms with Gasteiger partial charge in [-0.25, -0.2) is 4.98 Å². The summed E-state index contributed by atoms with van der Waals surface area (Å²) in [6.07, 6.45) is 0.108. The Labute approximate surface area is 69.6 Å². The van der Waals surface area contributed by atoms with Crippen molar-refractivity contribution in [3.05, 3.63) is 11.6 Å². The molecule has 1 rings (SSSR count). The SMILES string of the molecule is CNCc1n[nH]c(CC(N)=O)n1. The number of primary amides is 1. The zero-order chi connectivity index (χ0) is 8.97. The number of nitrogens with two attached hydrogens (primary N) is 1. The van der Waals surface area contributed by atoms with Crippen molar-refractivity contribution >= 4 is 5.91 Å². The van der Waals surface area contributed by atoms with Crippen LogP contribution < -0.4 is 11.1 Å². The molecule has 66 valence electrons. The van der Waals surface area contributed by atoms with Gasteiger partial charge in [0.15, 0.2) is 5.82 Å². The molecule has 0 atom stereocenters. The minimum absolute atomic E-state index is 0.108. The third-order valence-electron chi connectivity index (χ3n) is 1.25. The number of aromatic amines is 1. The second-order valence-corrected chi connectivity index (χ2v) is 2.37. The highest BCUT2D eigenvalue weighted by Crippen LogP contribution is 1.92. The fourth-order valence-electron chi connectivity index (χ4n) is 0.816. The Morgan fingerprint density at radius 2 is 2.50 bits per heavy atom. The maximum atomic E-state index is 10.5. The number of nitrogens with one attached hydrogen (secondary N) is 2. The molecular formula is C6H11N5O. The van der Waals surface area contributed by atoms with Gasteiger partial charge in [0.05, 0.1) is 13.0 Å². The number of carbonyl (C=O) groups is 1. The molecule has 4 N–H and O–H groups in total. The van der Waals surface area contributed by atoms with E-state index in [1.54, 1.807) is 7.05 Å². The van der Waals surface area contributed by atoms with Crippen molar-refractivity contribution in [2.24, 2.45) is 5.73 Å². The highest BCUT2D eigenvalue weighted by molar-refractivity contribution is 5.75. The summed E-state index contributed by atoms with van der Waals surface area (Å²) in [4.78, 5) is 14.5. The second kappa shape index (κ2) is 3.82. The van der Waals surface area contributed by atoms with E-state index < -0.39 is 5.91 Å². The van der Waals surface area contributed by atoms with Gasteiger partial charge < -0.3 is 11.1 Å². The van der Waals surface area contributed by atoms with Gasteiger partial charge in [-0.1, -0.05) is 0 Å². The molecule has 0 aliphatic carbocycles. The monoisotopic (exact) mass is 169 g/mol. The quantitative estimate of drug-likeness (QED) is 0.513. The molecule has 0 spiro atoms. The van der Waals surface area contributed by atoms with E-state index in [4.69, 9.17) is 5.73 Å². The number of H-pyrrole nitrogens is 1. The van der Waals surface area contributed by atoms with E-state index in [9.17, 15) is 4.79 Å². The van der Waals surface area contributed by atoms with Crippen molar-refractivity contribution < 1.29 is 4.79 Å². The number of hydrogen-bond donors (Lipinski definition) is 3. The summed E-state index contributed by atoms with van der Waals surface area (Å²) in [6, 6.07) is 0. The number of carbonyl (C=O) groups excluding carboxylic acids is 1. The average Bonchev–Trinajstić information content (AvgIpc) is 2.36. The normalized spacial score (nSPS) is 10.1. The largest absolute Gasteiger partial charge is 0.369 e. The molecule has 0 saturated carbocycles. The molecule has 0 aliphatic heterocycles. The summed E-state index contributed by atoms with van der Waals surface area (Å²) in [5.74, 6) is 0.726. The lowest BCUT2D eigenvalue weighted by molar-refractivity contribution is -0.117. The molecule has 0 unspecified atom stereocenters. The van der Waals surface area contributed by atoms with E-state index in [1.807, 2.05) is 0 Å². The van der Waals surface area contributed by atoms with Crippen molar-refractivity contribution in [1.29, 1.82) is 0 Å². The van der Waals surface area contributed by atoms with E-state index in [0.717, 1.165) is 0 Å². The van der Waals surface area contributed by atoms with Gasteiger partial charge in [-0.2, -0.15) is 5.10 Å². The number of rotatable bonds is 4. The standard InChI is InChI=1S/C6H11N5O/c1-8-3-6-9-5(10-11-6)2-4(7)12/h8H,2-3H2,1H3,(H2,7,12)(H,9,10,11). The topological polar surface area (TPSA) is 96.7 Å². The number of hydrogen-bond acceptors (Lipinski definition) is 4. The van der Waals surface area contributed by atoms with Crippen LogP contribution in [-0.2, 0) is 17.8 Å². The minimum Gasteiger partial charge on any atom is -0.369 e. The van der Waals surface area contributed by atoms with Crippen LogP contribution in [0.3, 0.4) is 0 Å². The first-order valence-corrected chi connectivity index (χ1v) is 3.55. The second-order valence-electron chi connectivity index (χ2n) is 2.37. The third-order valence-corrected chi connectivity index (χ3v) is 1.25. The maximum Gasteiger partial charge on any atom is 0.225 e. The molecule has 12 heavy (non-hydrogen) atoms. The molecule has 1 heterocycles. The molecule has 6 heteroatoms. The lowest BCUT2D eigenvalue weighted by Gasteiger charge is -1.88. The van der Waals surface area contributed by atoms with Gasteiger partial charge in [-0.05, 0) is 7.05 Å². The van der Waals surface area contributed by atoms with E-state index in [2.05, 4.69) is 20.5 Å². The first-order valence-electron chi connectivity index (χ1n) is 3.55. The minimum atomic E-state index is -0.415. The molecule has 0 aliphatic rings. The van der Waals surface area contributed by atoms with E-state index in [-0.39, 0.29) is 6.42 Å². The van der Waals surface area contributed by atoms with Gasteiger partial charge in [0, 0.05) is 0 Å². The molecule has 1 aromatic heterocycles. The van der Waals surface area contributed by atoms with Crippen LogP contribution >= 0.6 is 0 Å². The smallest absolute Gasteiger partial charge is 0.225 e. The molecule has 6 nitrogen and oxygen atoms in total. The molecule has 0 bridgehead atoms. The Bertz CT molecular complexity index is 269. The summed E-state index contributed by atoms with van der Waals surface area (Å²) in [5, 5.41) is 9.36. The Kier molecular flexibility index (Phi) is 2.76.